The predicted molar refractivity (Wildman–Crippen MR) is 132 cm³/mol. The minimum atomic E-state index is -0.639. The van der Waals surface area contributed by atoms with Gasteiger partial charge in [-0.3, -0.25) is 9.69 Å². The Hall–Kier alpha value is -2.26. The van der Waals surface area contributed by atoms with E-state index >= 15 is 0 Å². The third-order valence-corrected chi connectivity index (χ3v) is 6.21. The molecule has 162 valence electrons. The summed E-state index contributed by atoms with van der Waals surface area (Å²) in [5, 5.41) is 1.28. The topological polar surface area (TPSA) is 66.7 Å². The summed E-state index contributed by atoms with van der Waals surface area (Å²) in [4.78, 5) is 34.3. The van der Waals surface area contributed by atoms with Gasteiger partial charge in [0, 0.05) is 16.4 Å². The van der Waals surface area contributed by atoms with Gasteiger partial charge in [0.2, 0.25) is 0 Å². The van der Waals surface area contributed by atoms with Crippen molar-refractivity contribution in [2.45, 2.75) is 6.42 Å². The van der Waals surface area contributed by atoms with E-state index in [9.17, 15) is 9.59 Å². The van der Waals surface area contributed by atoms with Gasteiger partial charge in [-0.05, 0) is 57.4 Å². The zero-order valence-electron chi connectivity index (χ0n) is 17.0. The van der Waals surface area contributed by atoms with Gasteiger partial charge < -0.3 is 9.32 Å². The Balaban J connectivity index is 0.00000272. The first-order chi connectivity index (χ1) is 14.4. The van der Waals surface area contributed by atoms with E-state index in [4.69, 9.17) is 4.42 Å². The molecular formula is C22H21BrClN3O3S. The van der Waals surface area contributed by atoms with Crippen LogP contribution in [0.2, 0.25) is 0 Å². The van der Waals surface area contributed by atoms with Gasteiger partial charge >= 0.3 is 5.63 Å². The Morgan fingerprint density at radius 3 is 2.68 bits per heavy atom. The van der Waals surface area contributed by atoms with E-state index < -0.39 is 11.5 Å². The largest absolute Gasteiger partial charge is 0.422 e. The second-order valence-corrected chi connectivity index (χ2v) is 9.13. The number of para-hydroxylation sites is 1. The highest BCUT2D eigenvalue weighted by Gasteiger charge is 2.24. The Labute approximate surface area is 198 Å². The molecule has 0 N–H and O–H groups in total. The van der Waals surface area contributed by atoms with E-state index in [1.165, 1.54) is 11.3 Å². The fourth-order valence-corrected chi connectivity index (χ4v) is 4.73. The second-order valence-electron chi connectivity index (χ2n) is 7.21. The van der Waals surface area contributed by atoms with Gasteiger partial charge in [-0.2, -0.15) is 0 Å². The van der Waals surface area contributed by atoms with Crippen molar-refractivity contribution in [1.29, 1.82) is 0 Å². The lowest BCUT2D eigenvalue weighted by molar-refractivity contribution is 0.0982. The highest BCUT2D eigenvalue weighted by Crippen LogP contribution is 2.31. The van der Waals surface area contributed by atoms with Crippen LogP contribution < -0.4 is 10.5 Å². The number of hydrogen-bond donors (Lipinski definition) is 0. The molecule has 0 saturated carbocycles. The number of anilines is 1. The van der Waals surface area contributed by atoms with Crippen LogP contribution >= 0.6 is 39.7 Å². The van der Waals surface area contributed by atoms with Gasteiger partial charge in [0.05, 0.1) is 10.2 Å². The molecule has 0 radical (unpaired) electrons. The van der Waals surface area contributed by atoms with Crippen LogP contribution in [-0.2, 0) is 0 Å². The van der Waals surface area contributed by atoms with Gasteiger partial charge in [-0.25, -0.2) is 9.78 Å². The van der Waals surface area contributed by atoms with E-state index in [1.807, 2.05) is 44.4 Å². The minimum absolute atomic E-state index is 0. The molecule has 0 spiro atoms. The summed E-state index contributed by atoms with van der Waals surface area (Å²) in [6.45, 7) is 1.26. The standard InChI is InChI=1S/C22H20BrN3O3S.ClH/c1-25(2)10-5-11-26(22-24-17-9-8-15(23)13-19(17)30-22)20(27)16-12-14-6-3-4-7-18(14)29-21(16)28;/h3-4,6-9,12-13H,5,10-11H2,1-2H3;1H. The van der Waals surface area contributed by atoms with Crippen LogP contribution in [0.1, 0.15) is 16.8 Å². The maximum atomic E-state index is 13.4. The number of thiazole rings is 1. The number of benzene rings is 2. The van der Waals surface area contributed by atoms with Crippen LogP contribution in [0.3, 0.4) is 0 Å². The quantitative estimate of drug-likeness (QED) is 0.326. The molecule has 2 aromatic heterocycles. The zero-order chi connectivity index (χ0) is 21.3. The number of carbonyl (C=O) groups excluding carboxylic acids is 1. The van der Waals surface area contributed by atoms with Crippen molar-refractivity contribution in [2.24, 2.45) is 0 Å². The zero-order valence-corrected chi connectivity index (χ0v) is 20.2. The third kappa shape index (κ3) is 5.15. The highest BCUT2D eigenvalue weighted by atomic mass is 79.9. The van der Waals surface area contributed by atoms with Crippen LogP contribution in [0, 0.1) is 0 Å². The first-order valence-electron chi connectivity index (χ1n) is 9.48. The average Bonchev–Trinajstić information content (AvgIpc) is 3.12. The van der Waals surface area contributed by atoms with Gasteiger partial charge in [0.15, 0.2) is 5.13 Å². The van der Waals surface area contributed by atoms with Crippen molar-refractivity contribution < 1.29 is 9.21 Å². The second kappa shape index (κ2) is 9.91. The molecule has 0 aliphatic carbocycles. The van der Waals surface area contributed by atoms with E-state index in [-0.39, 0.29) is 18.0 Å². The van der Waals surface area contributed by atoms with E-state index in [0.717, 1.165) is 27.7 Å². The average molecular weight is 523 g/mol. The smallest absolute Gasteiger partial charge is 0.349 e. The van der Waals surface area contributed by atoms with Crippen LogP contribution in [-0.4, -0.2) is 43.0 Å². The van der Waals surface area contributed by atoms with Crippen LogP contribution in [0.15, 0.2) is 62.2 Å². The van der Waals surface area contributed by atoms with Crippen molar-refractivity contribution >= 4 is 71.9 Å². The van der Waals surface area contributed by atoms with Crippen molar-refractivity contribution in [3.63, 3.8) is 0 Å². The molecular weight excluding hydrogens is 502 g/mol. The summed E-state index contributed by atoms with van der Waals surface area (Å²) in [7, 11) is 3.97. The van der Waals surface area contributed by atoms with Gasteiger partial charge in [-0.1, -0.05) is 45.5 Å². The molecule has 4 rings (SSSR count). The predicted octanol–water partition coefficient (Wildman–Crippen LogP) is 5.19. The lowest BCUT2D eigenvalue weighted by Crippen LogP contribution is -2.36. The van der Waals surface area contributed by atoms with Gasteiger partial charge in [0.25, 0.3) is 5.91 Å². The van der Waals surface area contributed by atoms with Gasteiger partial charge in [-0.15, -0.1) is 12.4 Å². The Kier molecular flexibility index (Phi) is 7.48. The summed E-state index contributed by atoms with van der Waals surface area (Å²) >= 11 is 4.90. The first-order valence-corrected chi connectivity index (χ1v) is 11.1. The van der Waals surface area contributed by atoms with Crippen LogP contribution in [0.25, 0.3) is 21.2 Å². The summed E-state index contributed by atoms with van der Waals surface area (Å²) in [6, 6.07) is 14.6. The number of carbonyl (C=O) groups is 1. The van der Waals surface area contributed by atoms with Crippen molar-refractivity contribution in [3.8, 4) is 0 Å². The lowest BCUT2D eigenvalue weighted by Gasteiger charge is -2.20. The monoisotopic (exact) mass is 521 g/mol. The maximum Gasteiger partial charge on any atom is 0.349 e. The van der Waals surface area contributed by atoms with E-state index in [1.54, 1.807) is 23.1 Å². The molecule has 1 amide bonds. The number of halogens is 2. The van der Waals surface area contributed by atoms with Crippen molar-refractivity contribution in [1.82, 2.24) is 9.88 Å². The Bertz CT molecular complexity index is 1290. The molecule has 0 atom stereocenters. The SMILES string of the molecule is CN(C)CCCN(C(=O)c1cc2ccccc2oc1=O)c1nc2ccc(Br)cc2s1.Cl. The normalized spacial score (nSPS) is 11.1. The molecule has 0 aliphatic heterocycles. The van der Waals surface area contributed by atoms with E-state index in [2.05, 4.69) is 25.8 Å². The molecule has 0 bridgehead atoms. The number of amides is 1. The van der Waals surface area contributed by atoms with Gasteiger partial charge in [0.1, 0.15) is 11.1 Å². The molecule has 0 unspecified atom stereocenters. The fraction of sp³-hybridized carbons (Fsp3) is 0.227. The highest BCUT2D eigenvalue weighted by molar-refractivity contribution is 9.10. The summed E-state index contributed by atoms with van der Waals surface area (Å²) < 4.78 is 7.30. The number of hydrogen-bond acceptors (Lipinski definition) is 6. The summed E-state index contributed by atoms with van der Waals surface area (Å²) in [5.74, 6) is -0.397. The minimum Gasteiger partial charge on any atom is -0.422 e. The Morgan fingerprint density at radius 2 is 1.90 bits per heavy atom. The molecule has 0 aliphatic rings. The molecule has 0 fully saturated rings. The molecule has 0 saturated heterocycles. The van der Waals surface area contributed by atoms with Crippen LogP contribution in [0.4, 0.5) is 5.13 Å². The van der Waals surface area contributed by atoms with Crippen molar-refractivity contribution in [2.75, 3.05) is 32.1 Å². The Morgan fingerprint density at radius 1 is 1.13 bits per heavy atom. The molecule has 9 heteroatoms. The van der Waals surface area contributed by atoms with E-state index in [0.29, 0.717) is 22.6 Å². The third-order valence-electron chi connectivity index (χ3n) is 4.67. The molecule has 31 heavy (non-hydrogen) atoms. The number of nitrogens with zero attached hydrogens (tertiary/aromatic N) is 3. The number of fused-ring (bicyclic) bond motifs is 2. The lowest BCUT2D eigenvalue weighted by atomic mass is 10.1. The molecule has 2 heterocycles. The fourth-order valence-electron chi connectivity index (χ4n) is 3.19. The maximum absolute atomic E-state index is 13.4. The summed E-state index contributed by atoms with van der Waals surface area (Å²) in [5.41, 5.74) is 0.649. The molecule has 4 aromatic rings. The number of aromatic nitrogens is 1. The first kappa shape index (κ1) is 23.4. The summed E-state index contributed by atoms with van der Waals surface area (Å²) in [6.07, 6.45) is 0.747. The van der Waals surface area contributed by atoms with Crippen LogP contribution in [0.5, 0.6) is 0 Å². The van der Waals surface area contributed by atoms with Crippen molar-refractivity contribution in [3.05, 3.63) is 69.0 Å². The molecule has 2 aromatic carbocycles. The molecule has 6 nitrogen and oxygen atoms in total. The number of rotatable bonds is 6.